The molecular formula is C24H32N6O2. The van der Waals surface area contributed by atoms with Crippen molar-refractivity contribution in [3.8, 4) is 11.4 Å². The summed E-state index contributed by atoms with van der Waals surface area (Å²) in [5, 5.41) is 15.0. The van der Waals surface area contributed by atoms with Crippen LogP contribution in [-0.2, 0) is 17.8 Å². The number of guanidine groups is 1. The molecule has 0 fully saturated rings. The number of aryl methyl sites for hydroxylation is 1. The van der Waals surface area contributed by atoms with Crippen LogP contribution in [0.2, 0.25) is 0 Å². The molecule has 0 atom stereocenters. The first-order chi connectivity index (χ1) is 15.7. The van der Waals surface area contributed by atoms with Crippen molar-refractivity contribution in [3.63, 3.8) is 0 Å². The van der Waals surface area contributed by atoms with Crippen LogP contribution in [0.15, 0.2) is 59.9 Å². The van der Waals surface area contributed by atoms with Gasteiger partial charge in [0.15, 0.2) is 11.8 Å². The van der Waals surface area contributed by atoms with Crippen LogP contribution in [0, 0.1) is 6.92 Å². The molecule has 32 heavy (non-hydrogen) atoms. The molecule has 170 valence electrons. The Labute approximate surface area is 189 Å². The summed E-state index contributed by atoms with van der Waals surface area (Å²) in [5.74, 6) is 2.38. The molecule has 3 aromatic rings. The molecule has 0 spiro atoms. The minimum absolute atomic E-state index is 0.495. The summed E-state index contributed by atoms with van der Waals surface area (Å²) in [6.45, 7) is 7.15. The number of ether oxygens (including phenoxy) is 2. The van der Waals surface area contributed by atoms with Crippen molar-refractivity contribution >= 4 is 5.96 Å². The number of para-hydroxylation sites is 1. The lowest BCUT2D eigenvalue weighted by Gasteiger charge is -2.14. The van der Waals surface area contributed by atoms with Crippen molar-refractivity contribution in [2.75, 3.05) is 26.9 Å². The SMILES string of the molecule is CCNC(=NCc1ccc(C)cc1OCCCOC)NCc1nncn1-c1ccccc1. The Balaban J connectivity index is 1.67. The number of rotatable bonds is 11. The van der Waals surface area contributed by atoms with Crippen LogP contribution in [0.1, 0.15) is 30.3 Å². The first kappa shape index (κ1) is 23.3. The second-order valence-corrected chi connectivity index (χ2v) is 7.31. The van der Waals surface area contributed by atoms with Crippen LogP contribution < -0.4 is 15.4 Å². The highest BCUT2D eigenvalue weighted by Crippen LogP contribution is 2.21. The zero-order valence-electron chi connectivity index (χ0n) is 19.0. The molecule has 1 aromatic heterocycles. The van der Waals surface area contributed by atoms with Gasteiger partial charge in [0.05, 0.1) is 19.7 Å². The largest absolute Gasteiger partial charge is 0.493 e. The molecule has 8 nitrogen and oxygen atoms in total. The number of nitrogens with one attached hydrogen (secondary N) is 2. The molecule has 0 unspecified atom stereocenters. The molecule has 0 amide bonds. The summed E-state index contributed by atoms with van der Waals surface area (Å²) < 4.78 is 13.0. The molecule has 2 N–H and O–H groups in total. The predicted molar refractivity (Wildman–Crippen MR) is 126 cm³/mol. The third-order valence-corrected chi connectivity index (χ3v) is 4.79. The van der Waals surface area contributed by atoms with Crippen molar-refractivity contribution in [3.05, 3.63) is 71.8 Å². The maximum Gasteiger partial charge on any atom is 0.191 e. The fourth-order valence-corrected chi connectivity index (χ4v) is 3.16. The number of hydrogen-bond donors (Lipinski definition) is 2. The summed E-state index contributed by atoms with van der Waals surface area (Å²) >= 11 is 0. The van der Waals surface area contributed by atoms with Gasteiger partial charge in [-0.1, -0.05) is 30.3 Å². The lowest BCUT2D eigenvalue weighted by Crippen LogP contribution is -2.37. The zero-order valence-corrected chi connectivity index (χ0v) is 19.0. The first-order valence-corrected chi connectivity index (χ1v) is 10.9. The number of benzene rings is 2. The van der Waals surface area contributed by atoms with Crippen molar-refractivity contribution in [1.29, 1.82) is 0 Å². The van der Waals surface area contributed by atoms with E-state index in [9.17, 15) is 0 Å². The van der Waals surface area contributed by atoms with Crippen molar-refractivity contribution in [1.82, 2.24) is 25.4 Å². The smallest absolute Gasteiger partial charge is 0.191 e. The third-order valence-electron chi connectivity index (χ3n) is 4.79. The molecule has 0 aliphatic heterocycles. The monoisotopic (exact) mass is 436 g/mol. The van der Waals surface area contributed by atoms with Gasteiger partial charge in [0, 0.05) is 37.9 Å². The Morgan fingerprint density at radius 2 is 1.94 bits per heavy atom. The molecule has 1 heterocycles. The van der Waals surface area contributed by atoms with Gasteiger partial charge in [-0.25, -0.2) is 4.99 Å². The highest BCUT2D eigenvalue weighted by molar-refractivity contribution is 5.79. The fourth-order valence-electron chi connectivity index (χ4n) is 3.16. The van der Waals surface area contributed by atoms with E-state index in [-0.39, 0.29) is 0 Å². The van der Waals surface area contributed by atoms with Crippen LogP contribution in [0.5, 0.6) is 5.75 Å². The van der Waals surface area contributed by atoms with Crippen molar-refractivity contribution in [2.45, 2.75) is 33.4 Å². The Bertz CT molecular complexity index is 987. The topological polar surface area (TPSA) is 85.6 Å². The molecule has 8 heteroatoms. The van der Waals surface area contributed by atoms with Gasteiger partial charge in [0.1, 0.15) is 12.1 Å². The second kappa shape index (κ2) is 12.5. The van der Waals surface area contributed by atoms with E-state index in [1.165, 1.54) is 0 Å². The average Bonchev–Trinajstić information content (AvgIpc) is 3.29. The van der Waals surface area contributed by atoms with Crippen molar-refractivity contribution < 1.29 is 9.47 Å². The van der Waals surface area contributed by atoms with E-state index >= 15 is 0 Å². The van der Waals surface area contributed by atoms with E-state index < -0.39 is 0 Å². The van der Waals surface area contributed by atoms with Gasteiger partial charge >= 0.3 is 0 Å². The van der Waals surface area contributed by atoms with Crippen molar-refractivity contribution in [2.24, 2.45) is 4.99 Å². The van der Waals surface area contributed by atoms with E-state index in [2.05, 4.69) is 46.0 Å². The van der Waals surface area contributed by atoms with Gasteiger partial charge in [-0.15, -0.1) is 10.2 Å². The zero-order chi connectivity index (χ0) is 22.6. The molecular weight excluding hydrogens is 404 g/mol. The lowest BCUT2D eigenvalue weighted by atomic mass is 10.1. The summed E-state index contributed by atoms with van der Waals surface area (Å²) in [6, 6.07) is 16.2. The number of aromatic nitrogens is 3. The molecule has 2 aromatic carbocycles. The van der Waals surface area contributed by atoms with Gasteiger partial charge < -0.3 is 20.1 Å². The number of methoxy groups -OCH3 is 1. The Kier molecular flexibility index (Phi) is 9.06. The normalized spacial score (nSPS) is 11.4. The Hall–Kier alpha value is -3.39. The number of aliphatic imine (C=N–C) groups is 1. The van der Waals surface area contributed by atoms with Crippen LogP contribution in [0.4, 0.5) is 0 Å². The van der Waals surface area contributed by atoms with Gasteiger partial charge in [-0.05, 0) is 37.6 Å². The molecule has 0 saturated heterocycles. The Morgan fingerprint density at radius 1 is 1.09 bits per heavy atom. The summed E-state index contributed by atoms with van der Waals surface area (Å²) in [6.07, 6.45) is 2.56. The molecule has 3 rings (SSSR count). The molecule has 0 aliphatic carbocycles. The molecule has 0 radical (unpaired) electrons. The van der Waals surface area contributed by atoms with E-state index in [1.54, 1.807) is 13.4 Å². The van der Waals surface area contributed by atoms with Gasteiger partial charge in [0.25, 0.3) is 0 Å². The Morgan fingerprint density at radius 3 is 2.72 bits per heavy atom. The highest BCUT2D eigenvalue weighted by Gasteiger charge is 2.09. The van der Waals surface area contributed by atoms with Crippen LogP contribution in [-0.4, -0.2) is 47.6 Å². The quantitative estimate of drug-likeness (QED) is 0.273. The third kappa shape index (κ3) is 6.81. The van der Waals surface area contributed by atoms with Gasteiger partial charge in [-0.2, -0.15) is 0 Å². The van der Waals surface area contributed by atoms with E-state index in [0.717, 1.165) is 41.4 Å². The maximum absolute atomic E-state index is 5.98. The van der Waals surface area contributed by atoms with E-state index in [1.807, 2.05) is 41.8 Å². The molecule has 0 bridgehead atoms. The average molecular weight is 437 g/mol. The molecule has 0 saturated carbocycles. The van der Waals surface area contributed by atoms with Gasteiger partial charge in [-0.3, -0.25) is 4.57 Å². The number of hydrogen-bond acceptors (Lipinski definition) is 5. The lowest BCUT2D eigenvalue weighted by molar-refractivity contribution is 0.172. The second-order valence-electron chi connectivity index (χ2n) is 7.31. The summed E-state index contributed by atoms with van der Waals surface area (Å²) in [7, 11) is 1.70. The van der Waals surface area contributed by atoms with Crippen LogP contribution in [0.3, 0.4) is 0 Å². The maximum atomic E-state index is 5.98. The summed E-state index contributed by atoms with van der Waals surface area (Å²) in [5.41, 5.74) is 3.22. The molecule has 0 aliphatic rings. The first-order valence-electron chi connectivity index (χ1n) is 10.9. The van der Waals surface area contributed by atoms with E-state index in [4.69, 9.17) is 14.5 Å². The fraction of sp³-hybridized carbons (Fsp3) is 0.375. The van der Waals surface area contributed by atoms with Gasteiger partial charge in [0.2, 0.25) is 0 Å². The predicted octanol–water partition coefficient (Wildman–Crippen LogP) is 3.25. The van der Waals surface area contributed by atoms with E-state index in [0.29, 0.717) is 32.3 Å². The standard InChI is InChI=1S/C24H32N6O2/c1-4-25-24(27-17-23-29-28-18-30(23)21-9-6-5-7-10-21)26-16-20-12-11-19(2)15-22(20)32-14-8-13-31-3/h5-7,9-12,15,18H,4,8,13-14,16-17H2,1-3H3,(H2,25,26,27). The minimum atomic E-state index is 0.495. The van der Waals surface area contributed by atoms with Crippen LogP contribution >= 0.6 is 0 Å². The summed E-state index contributed by atoms with van der Waals surface area (Å²) in [4.78, 5) is 4.75. The highest BCUT2D eigenvalue weighted by atomic mass is 16.5. The van der Waals surface area contributed by atoms with Crippen LogP contribution in [0.25, 0.3) is 5.69 Å². The number of nitrogens with zero attached hydrogens (tertiary/aromatic N) is 4. The minimum Gasteiger partial charge on any atom is -0.493 e.